The lowest BCUT2D eigenvalue weighted by atomic mass is 9.93. The van der Waals surface area contributed by atoms with E-state index in [0.717, 1.165) is 24.4 Å². The van der Waals surface area contributed by atoms with Gasteiger partial charge in [0, 0.05) is 24.4 Å². The minimum atomic E-state index is -0.855. The number of halogens is 1. The fourth-order valence-corrected chi connectivity index (χ4v) is 2.39. The molecule has 1 atom stereocenters. The van der Waals surface area contributed by atoms with Gasteiger partial charge in [-0.1, -0.05) is 30.7 Å². The van der Waals surface area contributed by atoms with Gasteiger partial charge in [0.1, 0.15) is 12.2 Å². The second-order valence-electron chi connectivity index (χ2n) is 5.38. The van der Waals surface area contributed by atoms with Gasteiger partial charge in [0.05, 0.1) is 5.60 Å². The number of hydrogen-bond donors (Lipinski definition) is 1. The molecule has 2 aromatic rings. The maximum Gasteiger partial charge on any atom is 0.138 e. The van der Waals surface area contributed by atoms with Crippen LogP contribution >= 0.6 is 11.6 Å². The smallest absolute Gasteiger partial charge is 0.138 e. The van der Waals surface area contributed by atoms with Gasteiger partial charge in [-0.25, -0.2) is 4.98 Å². The second kappa shape index (κ2) is 6.37. The highest BCUT2D eigenvalue weighted by Gasteiger charge is 2.24. The molecule has 20 heavy (non-hydrogen) atoms. The second-order valence-corrected chi connectivity index (χ2v) is 5.81. The Morgan fingerprint density at radius 2 is 1.95 bits per heavy atom. The number of nitrogens with zero attached hydrogens (tertiary/aromatic N) is 3. The molecule has 108 valence electrons. The number of aromatic nitrogens is 3. The standard InChI is InChI=1S/C15H20ClN3O/c1-3-8-19-14(17-11-18-19)10-15(2,20)9-12-4-6-13(16)7-5-12/h4-7,11,20H,3,8-10H2,1-2H3. The van der Waals surface area contributed by atoms with E-state index < -0.39 is 5.60 Å². The molecule has 1 aromatic heterocycles. The van der Waals surface area contributed by atoms with E-state index in [0.29, 0.717) is 17.9 Å². The van der Waals surface area contributed by atoms with E-state index >= 15 is 0 Å². The summed E-state index contributed by atoms with van der Waals surface area (Å²) < 4.78 is 1.86. The molecule has 4 nitrogen and oxygen atoms in total. The van der Waals surface area contributed by atoms with Crippen LogP contribution in [0.2, 0.25) is 5.02 Å². The van der Waals surface area contributed by atoms with Gasteiger partial charge in [0.15, 0.2) is 0 Å². The Hall–Kier alpha value is -1.39. The molecule has 5 heteroatoms. The molecule has 0 aliphatic heterocycles. The largest absolute Gasteiger partial charge is 0.389 e. The fraction of sp³-hybridized carbons (Fsp3) is 0.467. The van der Waals surface area contributed by atoms with Crippen LogP contribution in [0.15, 0.2) is 30.6 Å². The third kappa shape index (κ3) is 4.05. The minimum Gasteiger partial charge on any atom is -0.389 e. The maximum absolute atomic E-state index is 10.6. The van der Waals surface area contributed by atoms with Crippen LogP contribution in [0.25, 0.3) is 0 Å². The SMILES string of the molecule is CCCn1ncnc1CC(C)(O)Cc1ccc(Cl)cc1. The summed E-state index contributed by atoms with van der Waals surface area (Å²) >= 11 is 5.87. The molecule has 1 aromatic carbocycles. The summed E-state index contributed by atoms with van der Waals surface area (Å²) in [5.74, 6) is 0.825. The zero-order valence-electron chi connectivity index (χ0n) is 11.9. The van der Waals surface area contributed by atoms with Crippen LogP contribution in [0.1, 0.15) is 31.7 Å². The predicted octanol–water partition coefficient (Wildman–Crippen LogP) is 2.88. The van der Waals surface area contributed by atoms with Crippen LogP contribution in [0.4, 0.5) is 0 Å². The molecule has 1 heterocycles. The molecule has 0 amide bonds. The molecule has 0 radical (unpaired) electrons. The van der Waals surface area contributed by atoms with Crippen LogP contribution < -0.4 is 0 Å². The van der Waals surface area contributed by atoms with E-state index in [4.69, 9.17) is 11.6 Å². The lowest BCUT2D eigenvalue weighted by molar-refractivity contribution is 0.0575. The molecule has 1 N–H and O–H groups in total. The van der Waals surface area contributed by atoms with Crippen molar-refractivity contribution in [2.75, 3.05) is 0 Å². The Morgan fingerprint density at radius 3 is 2.60 bits per heavy atom. The van der Waals surface area contributed by atoms with Crippen LogP contribution in [-0.4, -0.2) is 25.5 Å². The van der Waals surface area contributed by atoms with Crippen LogP contribution in [0, 0.1) is 0 Å². The molecule has 1 unspecified atom stereocenters. The van der Waals surface area contributed by atoms with Crippen molar-refractivity contribution in [1.29, 1.82) is 0 Å². The van der Waals surface area contributed by atoms with Crippen molar-refractivity contribution in [2.45, 2.75) is 45.3 Å². The van der Waals surface area contributed by atoms with E-state index in [1.807, 2.05) is 35.9 Å². The lowest BCUT2D eigenvalue weighted by Gasteiger charge is -2.23. The Kier molecular flexibility index (Phi) is 4.78. The molecule has 0 bridgehead atoms. The van der Waals surface area contributed by atoms with Gasteiger partial charge in [-0.05, 0) is 31.0 Å². The van der Waals surface area contributed by atoms with Crippen molar-refractivity contribution in [3.63, 3.8) is 0 Å². The van der Waals surface area contributed by atoms with Crippen molar-refractivity contribution >= 4 is 11.6 Å². The van der Waals surface area contributed by atoms with Crippen molar-refractivity contribution in [3.8, 4) is 0 Å². The summed E-state index contributed by atoms with van der Waals surface area (Å²) in [6, 6.07) is 7.56. The van der Waals surface area contributed by atoms with Gasteiger partial charge >= 0.3 is 0 Å². The number of rotatable bonds is 6. The third-order valence-corrected chi connectivity index (χ3v) is 3.42. The first-order valence-electron chi connectivity index (χ1n) is 6.84. The summed E-state index contributed by atoms with van der Waals surface area (Å²) in [7, 11) is 0. The first-order valence-corrected chi connectivity index (χ1v) is 7.21. The van der Waals surface area contributed by atoms with E-state index in [1.165, 1.54) is 0 Å². The van der Waals surface area contributed by atoms with Gasteiger partial charge < -0.3 is 5.11 Å². The van der Waals surface area contributed by atoms with Crippen molar-refractivity contribution in [1.82, 2.24) is 14.8 Å². The molecule has 0 aliphatic rings. The lowest BCUT2D eigenvalue weighted by Crippen LogP contribution is -2.31. The summed E-state index contributed by atoms with van der Waals surface area (Å²) in [6.07, 6.45) is 3.58. The van der Waals surface area contributed by atoms with Crippen LogP contribution in [0.5, 0.6) is 0 Å². The molecule has 0 saturated carbocycles. The van der Waals surface area contributed by atoms with E-state index in [9.17, 15) is 5.11 Å². The molecular weight excluding hydrogens is 274 g/mol. The monoisotopic (exact) mass is 293 g/mol. The van der Waals surface area contributed by atoms with Gasteiger partial charge in [0.2, 0.25) is 0 Å². The topological polar surface area (TPSA) is 50.9 Å². The van der Waals surface area contributed by atoms with E-state index in [1.54, 1.807) is 6.33 Å². The Balaban J connectivity index is 2.06. The Bertz CT molecular complexity index is 549. The summed E-state index contributed by atoms with van der Waals surface area (Å²) in [6.45, 7) is 4.75. The normalized spacial score (nSPS) is 14.2. The minimum absolute atomic E-state index is 0.482. The summed E-state index contributed by atoms with van der Waals surface area (Å²) in [4.78, 5) is 4.25. The third-order valence-electron chi connectivity index (χ3n) is 3.17. The van der Waals surface area contributed by atoms with Crippen molar-refractivity contribution < 1.29 is 5.11 Å². The Labute approximate surface area is 124 Å². The number of aliphatic hydroxyl groups is 1. The zero-order chi connectivity index (χ0) is 14.6. The number of benzene rings is 1. The zero-order valence-corrected chi connectivity index (χ0v) is 12.6. The average molecular weight is 294 g/mol. The first-order chi connectivity index (χ1) is 9.50. The average Bonchev–Trinajstić information content (AvgIpc) is 2.79. The van der Waals surface area contributed by atoms with Crippen molar-refractivity contribution in [3.05, 3.63) is 47.0 Å². The molecule has 0 aliphatic carbocycles. The van der Waals surface area contributed by atoms with Gasteiger partial charge in [-0.2, -0.15) is 5.10 Å². The van der Waals surface area contributed by atoms with E-state index in [2.05, 4.69) is 17.0 Å². The van der Waals surface area contributed by atoms with Crippen LogP contribution in [-0.2, 0) is 19.4 Å². The molecule has 0 fully saturated rings. The van der Waals surface area contributed by atoms with Gasteiger partial charge in [-0.3, -0.25) is 4.68 Å². The van der Waals surface area contributed by atoms with Crippen LogP contribution in [0.3, 0.4) is 0 Å². The first kappa shape index (κ1) is 15.0. The molecule has 0 saturated heterocycles. The van der Waals surface area contributed by atoms with Gasteiger partial charge in [-0.15, -0.1) is 0 Å². The Morgan fingerprint density at radius 1 is 1.25 bits per heavy atom. The highest BCUT2D eigenvalue weighted by molar-refractivity contribution is 6.30. The van der Waals surface area contributed by atoms with Crippen molar-refractivity contribution in [2.24, 2.45) is 0 Å². The molecular formula is C15H20ClN3O. The highest BCUT2D eigenvalue weighted by Crippen LogP contribution is 2.19. The summed E-state index contributed by atoms with van der Waals surface area (Å²) in [5, 5.41) is 15.5. The quantitative estimate of drug-likeness (QED) is 0.891. The highest BCUT2D eigenvalue weighted by atomic mass is 35.5. The maximum atomic E-state index is 10.6. The summed E-state index contributed by atoms with van der Waals surface area (Å²) in [5.41, 5.74) is 0.202. The predicted molar refractivity (Wildman–Crippen MR) is 79.8 cm³/mol. The number of hydrogen-bond acceptors (Lipinski definition) is 3. The van der Waals surface area contributed by atoms with Gasteiger partial charge in [0.25, 0.3) is 0 Å². The molecule has 2 rings (SSSR count). The fourth-order valence-electron chi connectivity index (χ4n) is 2.27. The molecule has 0 spiro atoms. The number of aryl methyl sites for hydroxylation is 1. The van der Waals surface area contributed by atoms with E-state index in [-0.39, 0.29) is 0 Å².